The summed E-state index contributed by atoms with van der Waals surface area (Å²) >= 11 is 0. The Morgan fingerprint density at radius 2 is 1.59 bits per heavy atom. The highest BCUT2D eigenvalue weighted by molar-refractivity contribution is 6.00. The van der Waals surface area contributed by atoms with E-state index in [1.54, 1.807) is 28.9 Å². The van der Waals surface area contributed by atoms with E-state index >= 15 is 0 Å². The van der Waals surface area contributed by atoms with Crippen LogP contribution in [0.25, 0.3) is 0 Å². The van der Waals surface area contributed by atoms with Crippen molar-refractivity contribution in [2.24, 2.45) is 0 Å². The number of aromatic nitrogens is 1. The molecule has 0 radical (unpaired) electrons. The van der Waals surface area contributed by atoms with Crippen LogP contribution in [0.1, 0.15) is 21.7 Å². The van der Waals surface area contributed by atoms with E-state index in [1.807, 2.05) is 26.0 Å². The van der Waals surface area contributed by atoms with Crippen LogP contribution >= 0.6 is 0 Å². The van der Waals surface area contributed by atoms with Gasteiger partial charge in [-0.15, -0.1) is 0 Å². The van der Waals surface area contributed by atoms with Crippen molar-refractivity contribution >= 4 is 17.5 Å². The van der Waals surface area contributed by atoms with Gasteiger partial charge >= 0.3 is 0 Å². The Labute approximate surface area is 166 Å². The smallest absolute Gasteiger partial charge is 0.270 e. The minimum Gasteiger partial charge on any atom is -0.484 e. The topological polar surface area (TPSA) is 72.4 Å². The van der Waals surface area contributed by atoms with Gasteiger partial charge < -0.3 is 10.1 Å². The van der Waals surface area contributed by atoms with E-state index in [0.717, 1.165) is 23.5 Å². The molecule has 150 valence electrons. The summed E-state index contributed by atoms with van der Waals surface area (Å²) in [6.07, 6.45) is 0. The molecule has 0 aliphatic carbocycles. The third kappa shape index (κ3) is 4.98. The van der Waals surface area contributed by atoms with Crippen LogP contribution in [0.5, 0.6) is 5.75 Å². The van der Waals surface area contributed by atoms with Gasteiger partial charge in [-0.2, -0.15) is 0 Å². The van der Waals surface area contributed by atoms with Crippen LogP contribution in [0.3, 0.4) is 0 Å². The van der Waals surface area contributed by atoms with Crippen molar-refractivity contribution in [3.8, 4) is 5.75 Å². The lowest BCUT2D eigenvalue weighted by molar-refractivity contribution is -0.118. The number of aryl methyl sites for hydroxylation is 2. The fourth-order valence-corrected chi connectivity index (χ4v) is 2.63. The molecule has 0 unspecified atom stereocenters. The molecule has 0 fully saturated rings. The van der Waals surface area contributed by atoms with Crippen molar-refractivity contribution in [2.75, 3.05) is 17.3 Å². The lowest BCUT2D eigenvalue weighted by Gasteiger charge is -2.12. The first-order valence-corrected chi connectivity index (χ1v) is 8.77. The molecule has 2 aromatic carbocycles. The largest absolute Gasteiger partial charge is 0.484 e. The maximum Gasteiger partial charge on any atom is 0.270 e. The van der Waals surface area contributed by atoms with Crippen LogP contribution < -0.4 is 15.5 Å². The summed E-state index contributed by atoms with van der Waals surface area (Å²) < 4.78 is 33.1. The molecule has 1 heterocycles. The van der Waals surface area contributed by atoms with Gasteiger partial charge in [0.2, 0.25) is 0 Å². The highest BCUT2D eigenvalue weighted by atomic mass is 19.2. The van der Waals surface area contributed by atoms with E-state index in [9.17, 15) is 18.4 Å². The SMILES string of the molecule is Cc1ccc(C)n1NC(=O)c1ccc(OCC(=O)Nc2ccc(F)c(F)c2)cc1. The van der Waals surface area contributed by atoms with Crippen LogP contribution in [0.15, 0.2) is 54.6 Å². The lowest BCUT2D eigenvalue weighted by Crippen LogP contribution is -2.24. The molecule has 2 amide bonds. The minimum atomic E-state index is -1.05. The number of carbonyl (C=O) groups excluding carboxylic acids is 2. The Morgan fingerprint density at radius 1 is 0.931 bits per heavy atom. The van der Waals surface area contributed by atoms with Gasteiger partial charge in [0.05, 0.1) is 0 Å². The van der Waals surface area contributed by atoms with Crippen LogP contribution in [0, 0.1) is 25.5 Å². The van der Waals surface area contributed by atoms with E-state index in [2.05, 4.69) is 10.7 Å². The van der Waals surface area contributed by atoms with Crippen molar-refractivity contribution in [1.82, 2.24) is 4.68 Å². The summed E-state index contributed by atoms with van der Waals surface area (Å²) in [6.45, 7) is 3.44. The van der Waals surface area contributed by atoms with E-state index in [-0.39, 0.29) is 18.2 Å². The third-order valence-electron chi connectivity index (χ3n) is 4.17. The number of benzene rings is 2. The summed E-state index contributed by atoms with van der Waals surface area (Å²) in [5.41, 5.74) is 5.16. The number of nitrogens with one attached hydrogen (secondary N) is 2. The number of hydrogen-bond acceptors (Lipinski definition) is 3. The first kappa shape index (κ1) is 20.1. The Balaban J connectivity index is 1.54. The molecule has 2 N–H and O–H groups in total. The number of anilines is 1. The monoisotopic (exact) mass is 399 g/mol. The van der Waals surface area contributed by atoms with E-state index in [0.29, 0.717) is 11.3 Å². The van der Waals surface area contributed by atoms with Crippen LogP contribution in [0.4, 0.5) is 14.5 Å². The molecular weight excluding hydrogens is 380 g/mol. The first-order valence-electron chi connectivity index (χ1n) is 8.77. The normalized spacial score (nSPS) is 10.5. The fourth-order valence-electron chi connectivity index (χ4n) is 2.63. The first-order chi connectivity index (χ1) is 13.8. The lowest BCUT2D eigenvalue weighted by atomic mass is 10.2. The van der Waals surface area contributed by atoms with Gasteiger partial charge in [-0.3, -0.25) is 19.7 Å². The number of carbonyl (C=O) groups is 2. The molecule has 1 aromatic heterocycles. The van der Waals surface area contributed by atoms with Crippen molar-refractivity contribution < 1.29 is 23.1 Å². The molecule has 0 saturated heterocycles. The average molecular weight is 399 g/mol. The van der Waals surface area contributed by atoms with Gasteiger partial charge in [0.25, 0.3) is 11.8 Å². The predicted octanol–water partition coefficient (Wildman–Crippen LogP) is 3.78. The number of rotatable bonds is 6. The second-order valence-electron chi connectivity index (χ2n) is 6.38. The molecular formula is C21H19F2N3O3. The van der Waals surface area contributed by atoms with Crippen LogP contribution in [-0.4, -0.2) is 23.1 Å². The van der Waals surface area contributed by atoms with Crippen molar-refractivity contribution in [2.45, 2.75) is 13.8 Å². The van der Waals surface area contributed by atoms with Gasteiger partial charge in [0.1, 0.15) is 5.75 Å². The average Bonchev–Trinajstić information content (AvgIpc) is 3.01. The van der Waals surface area contributed by atoms with Crippen molar-refractivity contribution in [3.05, 3.63) is 83.2 Å². The highest BCUT2D eigenvalue weighted by Crippen LogP contribution is 2.15. The molecule has 0 atom stereocenters. The molecule has 0 aliphatic rings. The minimum absolute atomic E-state index is 0.125. The molecule has 6 nitrogen and oxygen atoms in total. The molecule has 29 heavy (non-hydrogen) atoms. The zero-order valence-electron chi connectivity index (χ0n) is 15.8. The van der Waals surface area contributed by atoms with Gasteiger partial charge in [0.15, 0.2) is 18.2 Å². The summed E-state index contributed by atoms with van der Waals surface area (Å²) in [4.78, 5) is 24.2. The number of ether oxygens (including phenoxy) is 1. The van der Waals surface area contributed by atoms with E-state index < -0.39 is 17.5 Å². The van der Waals surface area contributed by atoms with Gasteiger partial charge in [-0.25, -0.2) is 8.78 Å². The fraction of sp³-hybridized carbons (Fsp3) is 0.143. The number of nitrogens with zero attached hydrogens (tertiary/aromatic N) is 1. The molecule has 0 aliphatic heterocycles. The third-order valence-corrected chi connectivity index (χ3v) is 4.17. The maximum atomic E-state index is 13.2. The number of hydrogen-bond donors (Lipinski definition) is 2. The summed E-state index contributed by atoms with van der Waals surface area (Å²) in [7, 11) is 0. The molecule has 0 spiro atoms. The summed E-state index contributed by atoms with van der Waals surface area (Å²) in [5, 5.41) is 2.41. The zero-order chi connectivity index (χ0) is 21.0. The van der Waals surface area contributed by atoms with Gasteiger partial charge in [0, 0.05) is 28.7 Å². The van der Waals surface area contributed by atoms with Crippen LogP contribution in [-0.2, 0) is 4.79 Å². The maximum absolute atomic E-state index is 13.2. The number of amides is 2. The molecule has 0 saturated carbocycles. The second-order valence-corrected chi connectivity index (χ2v) is 6.38. The number of halogens is 2. The standard InChI is InChI=1S/C21H19F2N3O3/c1-13-3-4-14(2)26(13)25-21(28)15-5-8-17(9-6-15)29-12-20(27)24-16-7-10-18(22)19(23)11-16/h3-11H,12H2,1-2H3,(H,24,27)(H,25,28). The molecule has 8 heteroatoms. The Bertz CT molecular complexity index is 1030. The Morgan fingerprint density at radius 3 is 2.21 bits per heavy atom. The van der Waals surface area contributed by atoms with Gasteiger partial charge in [-0.1, -0.05) is 0 Å². The van der Waals surface area contributed by atoms with E-state index in [4.69, 9.17) is 4.74 Å². The van der Waals surface area contributed by atoms with Crippen LogP contribution in [0.2, 0.25) is 0 Å². The second kappa shape index (κ2) is 8.55. The molecule has 3 aromatic rings. The predicted molar refractivity (Wildman–Crippen MR) is 105 cm³/mol. The summed E-state index contributed by atoms with van der Waals surface area (Å²) in [5.74, 6) is -2.48. The van der Waals surface area contributed by atoms with Crippen molar-refractivity contribution in [1.29, 1.82) is 0 Å². The molecule has 0 bridgehead atoms. The quantitative estimate of drug-likeness (QED) is 0.663. The summed E-state index contributed by atoms with van der Waals surface area (Å²) in [6, 6.07) is 13.1. The molecule has 3 rings (SSSR count). The Hall–Kier alpha value is -3.68. The van der Waals surface area contributed by atoms with E-state index in [1.165, 1.54) is 6.07 Å². The highest BCUT2D eigenvalue weighted by Gasteiger charge is 2.10. The Kier molecular flexibility index (Phi) is 5.92. The van der Waals surface area contributed by atoms with Gasteiger partial charge in [-0.05, 0) is 62.4 Å². The van der Waals surface area contributed by atoms with Crippen molar-refractivity contribution in [3.63, 3.8) is 0 Å². The zero-order valence-corrected chi connectivity index (χ0v) is 15.8.